The Hall–Kier alpha value is -1.21. The van der Waals surface area contributed by atoms with E-state index in [0.717, 1.165) is 9.75 Å². The summed E-state index contributed by atoms with van der Waals surface area (Å²) in [4.78, 5) is 1.98. The summed E-state index contributed by atoms with van der Waals surface area (Å²) in [7, 11) is -3.61. The highest BCUT2D eigenvalue weighted by atomic mass is 32.2. The Labute approximate surface area is 129 Å². The van der Waals surface area contributed by atoms with Crippen molar-refractivity contribution in [2.24, 2.45) is 0 Å². The minimum Gasteiger partial charge on any atom is -0.384 e. The van der Waals surface area contributed by atoms with E-state index < -0.39 is 15.6 Å². The summed E-state index contributed by atoms with van der Waals surface area (Å²) in [5.41, 5.74) is -0.584. The highest BCUT2D eigenvalue weighted by Gasteiger charge is 2.27. The molecule has 2 aromatic rings. The van der Waals surface area contributed by atoms with E-state index in [1.807, 2.05) is 25.1 Å². The summed E-state index contributed by atoms with van der Waals surface area (Å²) in [6, 6.07) is 10.7. The molecule has 2 rings (SSSR count). The molecule has 0 saturated carbocycles. The van der Waals surface area contributed by atoms with Crippen LogP contribution in [0.5, 0.6) is 0 Å². The number of benzene rings is 1. The average Bonchev–Trinajstić information content (AvgIpc) is 2.78. The van der Waals surface area contributed by atoms with Crippen molar-refractivity contribution in [2.75, 3.05) is 6.54 Å². The fourth-order valence-electron chi connectivity index (χ4n) is 2.09. The predicted molar refractivity (Wildman–Crippen MR) is 85.0 cm³/mol. The monoisotopic (exact) mass is 325 g/mol. The van der Waals surface area contributed by atoms with Gasteiger partial charge in [-0.1, -0.05) is 30.3 Å². The van der Waals surface area contributed by atoms with E-state index >= 15 is 0 Å². The first kappa shape index (κ1) is 16.2. The number of rotatable bonds is 5. The minimum absolute atomic E-state index is 0.0757. The number of hydrogen-bond donors (Lipinski definition) is 2. The smallest absolute Gasteiger partial charge is 0.241 e. The Balaban J connectivity index is 2.17. The van der Waals surface area contributed by atoms with Crippen LogP contribution in [-0.4, -0.2) is 20.1 Å². The Morgan fingerprint density at radius 3 is 2.38 bits per heavy atom. The molecule has 0 aliphatic rings. The summed E-state index contributed by atoms with van der Waals surface area (Å²) in [5, 5.41) is 10.4. The van der Waals surface area contributed by atoms with Crippen LogP contribution in [0.15, 0.2) is 41.3 Å². The topological polar surface area (TPSA) is 66.4 Å². The van der Waals surface area contributed by atoms with E-state index in [0.29, 0.717) is 5.56 Å². The van der Waals surface area contributed by atoms with Gasteiger partial charge in [0.25, 0.3) is 0 Å². The largest absolute Gasteiger partial charge is 0.384 e. The fraction of sp³-hybridized carbons (Fsp3) is 0.333. The van der Waals surface area contributed by atoms with Gasteiger partial charge in [0.15, 0.2) is 0 Å². The third kappa shape index (κ3) is 3.71. The Morgan fingerprint density at radius 1 is 1.24 bits per heavy atom. The molecule has 0 radical (unpaired) electrons. The van der Waals surface area contributed by atoms with Crippen LogP contribution in [-0.2, 0) is 15.6 Å². The number of hydrogen-bond acceptors (Lipinski definition) is 4. The molecule has 0 saturated heterocycles. The number of sulfonamides is 1. The average molecular weight is 325 g/mol. The lowest BCUT2D eigenvalue weighted by Crippen LogP contribution is -2.38. The first-order chi connectivity index (χ1) is 9.72. The van der Waals surface area contributed by atoms with Gasteiger partial charge < -0.3 is 5.11 Å². The molecule has 1 aromatic heterocycles. The van der Waals surface area contributed by atoms with E-state index in [2.05, 4.69) is 4.72 Å². The molecule has 1 aromatic carbocycles. The van der Waals surface area contributed by atoms with Crippen molar-refractivity contribution in [1.82, 2.24) is 4.72 Å². The van der Waals surface area contributed by atoms with Crippen molar-refractivity contribution < 1.29 is 13.5 Å². The molecule has 0 aliphatic carbocycles. The molecule has 0 bridgehead atoms. The van der Waals surface area contributed by atoms with Gasteiger partial charge in [-0.25, -0.2) is 13.1 Å². The molecule has 6 heteroatoms. The summed E-state index contributed by atoms with van der Waals surface area (Å²) in [6.07, 6.45) is 0. The van der Waals surface area contributed by atoms with Gasteiger partial charge in [-0.2, -0.15) is 0 Å². The number of aryl methyl sites for hydroxylation is 2. The second-order valence-corrected chi connectivity index (χ2v) is 8.44. The predicted octanol–water partition coefficient (Wildman–Crippen LogP) is 2.55. The van der Waals surface area contributed by atoms with Crippen LogP contribution >= 0.6 is 11.3 Å². The van der Waals surface area contributed by atoms with Gasteiger partial charge in [-0.3, -0.25) is 0 Å². The van der Waals surface area contributed by atoms with Crippen LogP contribution < -0.4 is 4.72 Å². The van der Waals surface area contributed by atoms with Gasteiger partial charge in [0.05, 0.1) is 4.90 Å². The zero-order valence-electron chi connectivity index (χ0n) is 12.3. The standard InChI is InChI=1S/C15H19NO3S2/c1-11-9-14(12(2)20-11)21(18,19)16-10-15(3,17)13-7-5-4-6-8-13/h4-9,16-17H,10H2,1-3H3. The highest BCUT2D eigenvalue weighted by molar-refractivity contribution is 7.89. The van der Waals surface area contributed by atoms with Crippen molar-refractivity contribution in [3.05, 3.63) is 51.7 Å². The Bertz CT molecular complexity index is 719. The normalized spacial score (nSPS) is 14.9. The van der Waals surface area contributed by atoms with Gasteiger partial charge >= 0.3 is 0 Å². The summed E-state index contributed by atoms with van der Waals surface area (Å²) in [5.74, 6) is 0. The molecule has 1 atom stereocenters. The van der Waals surface area contributed by atoms with E-state index in [9.17, 15) is 13.5 Å². The molecule has 4 nitrogen and oxygen atoms in total. The number of nitrogens with one attached hydrogen (secondary N) is 1. The Morgan fingerprint density at radius 2 is 1.86 bits per heavy atom. The summed E-state index contributed by atoms with van der Waals surface area (Å²) < 4.78 is 27.2. The fourth-order valence-corrected chi connectivity index (χ4v) is 4.77. The van der Waals surface area contributed by atoms with Crippen molar-refractivity contribution in [3.8, 4) is 0 Å². The molecule has 114 valence electrons. The lowest BCUT2D eigenvalue weighted by atomic mass is 9.97. The van der Waals surface area contributed by atoms with Gasteiger partial charge in [0.1, 0.15) is 5.60 Å². The van der Waals surface area contributed by atoms with E-state index in [-0.39, 0.29) is 11.4 Å². The summed E-state index contributed by atoms with van der Waals surface area (Å²) >= 11 is 1.44. The SMILES string of the molecule is Cc1cc(S(=O)(=O)NCC(C)(O)c2ccccc2)c(C)s1. The molecule has 21 heavy (non-hydrogen) atoms. The zero-order chi connectivity index (χ0) is 15.7. The molecule has 0 aliphatic heterocycles. The zero-order valence-corrected chi connectivity index (χ0v) is 13.9. The quantitative estimate of drug-likeness (QED) is 0.888. The lowest BCUT2D eigenvalue weighted by Gasteiger charge is -2.24. The maximum atomic E-state index is 12.3. The number of aliphatic hydroxyl groups is 1. The van der Waals surface area contributed by atoms with Crippen molar-refractivity contribution >= 4 is 21.4 Å². The van der Waals surface area contributed by atoms with Crippen LogP contribution in [0.2, 0.25) is 0 Å². The van der Waals surface area contributed by atoms with Gasteiger partial charge in [0.2, 0.25) is 10.0 Å². The van der Waals surface area contributed by atoms with Gasteiger partial charge in [0, 0.05) is 16.3 Å². The second kappa shape index (κ2) is 5.88. The molecule has 2 N–H and O–H groups in total. The molecule has 1 heterocycles. The van der Waals surface area contributed by atoms with Crippen LogP contribution in [0, 0.1) is 13.8 Å². The first-order valence-electron chi connectivity index (χ1n) is 6.57. The second-order valence-electron chi connectivity index (χ2n) is 5.24. The van der Waals surface area contributed by atoms with Crippen LogP contribution in [0.1, 0.15) is 22.2 Å². The molecule has 0 fully saturated rings. The molecule has 0 amide bonds. The maximum Gasteiger partial charge on any atom is 0.241 e. The molecule has 1 unspecified atom stereocenters. The third-order valence-corrected chi connectivity index (χ3v) is 5.91. The van der Waals surface area contributed by atoms with E-state index in [4.69, 9.17) is 0 Å². The third-order valence-electron chi connectivity index (χ3n) is 3.29. The highest BCUT2D eigenvalue weighted by Crippen LogP contribution is 2.26. The van der Waals surface area contributed by atoms with Crippen molar-refractivity contribution in [1.29, 1.82) is 0 Å². The van der Waals surface area contributed by atoms with E-state index in [1.54, 1.807) is 32.0 Å². The minimum atomic E-state index is -3.61. The van der Waals surface area contributed by atoms with Crippen LogP contribution in [0.25, 0.3) is 0 Å². The summed E-state index contributed by atoms with van der Waals surface area (Å²) in [6.45, 7) is 5.17. The van der Waals surface area contributed by atoms with Crippen LogP contribution in [0.4, 0.5) is 0 Å². The maximum absolute atomic E-state index is 12.3. The first-order valence-corrected chi connectivity index (χ1v) is 8.87. The molecular weight excluding hydrogens is 306 g/mol. The van der Waals surface area contributed by atoms with Crippen LogP contribution in [0.3, 0.4) is 0 Å². The van der Waals surface area contributed by atoms with Gasteiger partial charge in [-0.15, -0.1) is 11.3 Å². The van der Waals surface area contributed by atoms with E-state index in [1.165, 1.54) is 11.3 Å². The lowest BCUT2D eigenvalue weighted by molar-refractivity contribution is 0.0627. The molecular formula is C15H19NO3S2. The van der Waals surface area contributed by atoms with Crippen molar-refractivity contribution in [3.63, 3.8) is 0 Å². The van der Waals surface area contributed by atoms with Gasteiger partial charge in [-0.05, 0) is 32.4 Å². The molecule has 0 spiro atoms. The number of thiophene rings is 1. The van der Waals surface area contributed by atoms with Crippen molar-refractivity contribution in [2.45, 2.75) is 31.3 Å². The Kier molecular flexibility index (Phi) is 4.53.